The molecule has 0 amide bonds. The van der Waals surface area contributed by atoms with Crippen LogP contribution in [0.5, 0.6) is 0 Å². The second-order valence-corrected chi connectivity index (χ2v) is 7.15. The Kier molecular flexibility index (Phi) is 4.57. The Morgan fingerprint density at radius 3 is 2.86 bits per heavy atom. The Labute approximate surface area is 127 Å². The van der Waals surface area contributed by atoms with Crippen molar-refractivity contribution >= 4 is 27.0 Å². The molecule has 0 aliphatic heterocycles. The fourth-order valence-electron chi connectivity index (χ4n) is 1.74. The van der Waals surface area contributed by atoms with E-state index in [1.54, 1.807) is 6.20 Å². The van der Waals surface area contributed by atoms with E-state index in [0.717, 1.165) is 5.01 Å². The topological polar surface area (TPSA) is 109 Å². The Balaban J connectivity index is 2.14. The molecule has 1 aromatic heterocycles. The minimum Gasteiger partial charge on any atom is -0.398 e. The predicted octanol–water partition coefficient (Wildman–Crippen LogP) is 1.68. The Hall–Kier alpha value is -1.95. The second-order valence-electron chi connectivity index (χ2n) is 4.49. The molecule has 0 aliphatic rings. The van der Waals surface area contributed by atoms with Crippen molar-refractivity contribution in [1.82, 2.24) is 9.71 Å². The maximum Gasteiger partial charge on any atom is 0.242 e. The van der Waals surface area contributed by atoms with Crippen molar-refractivity contribution in [3.8, 4) is 6.07 Å². The highest BCUT2D eigenvalue weighted by Gasteiger charge is 2.19. The van der Waals surface area contributed by atoms with Crippen molar-refractivity contribution < 1.29 is 8.42 Å². The Morgan fingerprint density at radius 2 is 2.29 bits per heavy atom. The number of hydrogen-bond donors (Lipinski definition) is 2. The molecule has 8 heteroatoms. The average molecular weight is 322 g/mol. The van der Waals surface area contributed by atoms with Gasteiger partial charge in [-0.2, -0.15) is 5.26 Å². The highest BCUT2D eigenvalue weighted by molar-refractivity contribution is 7.89. The van der Waals surface area contributed by atoms with Crippen LogP contribution in [0.4, 0.5) is 5.69 Å². The number of anilines is 1. The molecule has 0 aliphatic carbocycles. The molecule has 0 saturated carbocycles. The molecule has 0 bridgehead atoms. The summed E-state index contributed by atoms with van der Waals surface area (Å²) in [5.41, 5.74) is 6.08. The number of hydrogen-bond acceptors (Lipinski definition) is 6. The molecule has 2 aromatic rings. The maximum absolute atomic E-state index is 12.2. The molecule has 1 heterocycles. The lowest BCUT2D eigenvalue weighted by atomic mass is 10.2. The molecule has 0 fully saturated rings. The number of nitrogens with zero attached hydrogens (tertiary/aromatic N) is 2. The van der Waals surface area contributed by atoms with Gasteiger partial charge in [-0.25, -0.2) is 18.1 Å². The van der Waals surface area contributed by atoms with Crippen molar-refractivity contribution in [2.24, 2.45) is 0 Å². The molecule has 1 atom stereocenters. The van der Waals surface area contributed by atoms with Gasteiger partial charge >= 0.3 is 0 Å². The van der Waals surface area contributed by atoms with E-state index in [1.807, 2.05) is 18.4 Å². The van der Waals surface area contributed by atoms with Gasteiger partial charge in [0.15, 0.2) is 0 Å². The van der Waals surface area contributed by atoms with Crippen LogP contribution in [0.15, 0.2) is 34.7 Å². The summed E-state index contributed by atoms with van der Waals surface area (Å²) in [6.07, 6.45) is 1.68. The van der Waals surface area contributed by atoms with Crippen LogP contribution in [-0.4, -0.2) is 19.9 Å². The average Bonchev–Trinajstić information content (AvgIpc) is 2.98. The summed E-state index contributed by atoms with van der Waals surface area (Å²) < 4.78 is 27.0. The SMILES string of the molecule is CC(CNS(=O)(=O)c1ccc(C#N)cc1N)c1nccs1. The van der Waals surface area contributed by atoms with Crippen molar-refractivity contribution in [2.45, 2.75) is 17.7 Å². The van der Waals surface area contributed by atoms with E-state index in [1.165, 1.54) is 29.5 Å². The molecule has 0 radical (unpaired) electrons. The van der Waals surface area contributed by atoms with Crippen LogP contribution in [-0.2, 0) is 10.0 Å². The van der Waals surface area contributed by atoms with E-state index in [2.05, 4.69) is 9.71 Å². The van der Waals surface area contributed by atoms with Crippen LogP contribution in [0.25, 0.3) is 0 Å². The normalized spacial score (nSPS) is 12.8. The number of benzene rings is 1. The summed E-state index contributed by atoms with van der Waals surface area (Å²) in [4.78, 5) is 4.13. The first-order valence-corrected chi connectivity index (χ1v) is 8.49. The standard InChI is InChI=1S/C13H14N4O2S2/c1-9(13-16-4-5-20-13)8-17-21(18,19)12-3-2-10(7-14)6-11(12)15/h2-6,9,17H,8,15H2,1H3. The van der Waals surface area contributed by atoms with E-state index in [9.17, 15) is 8.42 Å². The van der Waals surface area contributed by atoms with Crippen molar-refractivity contribution in [3.63, 3.8) is 0 Å². The third-order valence-corrected chi connectivity index (χ3v) is 5.39. The zero-order valence-electron chi connectivity index (χ0n) is 11.3. The van der Waals surface area contributed by atoms with E-state index in [-0.39, 0.29) is 23.0 Å². The summed E-state index contributed by atoms with van der Waals surface area (Å²) in [5.74, 6) is -0.0284. The molecular formula is C13H14N4O2S2. The zero-order valence-corrected chi connectivity index (χ0v) is 12.9. The fraction of sp³-hybridized carbons (Fsp3) is 0.231. The Morgan fingerprint density at radius 1 is 1.52 bits per heavy atom. The Bertz CT molecular complexity index is 764. The van der Waals surface area contributed by atoms with Gasteiger partial charge in [0.05, 0.1) is 22.3 Å². The number of sulfonamides is 1. The maximum atomic E-state index is 12.2. The van der Waals surface area contributed by atoms with Crippen LogP contribution in [0.3, 0.4) is 0 Å². The number of aromatic nitrogens is 1. The van der Waals surface area contributed by atoms with Gasteiger partial charge in [0, 0.05) is 24.0 Å². The quantitative estimate of drug-likeness (QED) is 0.814. The molecule has 21 heavy (non-hydrogen) atoms. The first-order valence-electron chi connectivity index (χ1n) is 6.12. The first-order chi connectivity index (χ1) is 9.94. The predicted molar refractivity (Wildman–Crippen MR) is 81.3 cm³/mol. The van der Waals surface area contributed by atoms with Gasteiger partial charge in [-0.3, -0.25) is 0 Å². The lowest BCUT2D eigenvalue weighted by Crippen LogP contribution is -2.28. The number of thiazole rings is 1. The molecular weight excluding hydrogens is 308 g/mol. The van der Waals surface area contributed by atoms with Crippen molar-refractivity contribution in [3.05, 3.63) is 40.3 Å². The first kappa shape index (κ1) is 15.4. The van der Waals surface area contributed by atoms with E-state index in [0.29, 0.717) is 5.56 Å². The molecule has 0 spiro atoms. The van der Waals surface area contributed by atoms with E-state index >= 15 is 0 Å². The largest absolute Gasteiger partial charge is 0.398 e. The van der Waals surface area contributed by atoms with Gasteiger partial charge in [0.1, 0.15) is 4.90 Å². The molecule has 3 N–H and O–H groups in total. The lowest BCUT2D eigenvalue weighted by Gasteiger charge is -2.12. The fourth-order valence-corrected chi connectivity index (χ4v) is 3.68. The van der Waals surface area contributed by atoms with Gasteiger partial charge < -0.3 is 5.73 Å². The summed E-state index contributed by atoms with van der Waals surface area (Å²) in [5, 5.41) is 11.5. The highest BCUT2D eigenvalue weighted by atomic mass is 32.2. The number of rotatable bonds is 5. The molecule has 6 nitrogen and oxygen atoms in total. The number of nitrogen functional groups attached to an aromatic ring is 1. The monoisotopic (exact) mass is 322 g/mol. The van der Waals surface area contributed by atoms with Crippen molar-refractivity contribution in [1.29, 1.82) is 5.26 Å². The summed E-state index contributed by atoms with van der Waals surface area (Å²) in [7, 11) is -3.71. The minimum absolute atomic E-state index is 0.0205. The molecule has 2 rings (SSSR count). The summed E-state index contributed by atoms with van der Waals surface area (Å²) in [6.45, 7) is 2.12. The zero-order chi connectivity index (χ0) is 15.5. The van der Waals surface area contributed by atoms with Gasteiger partial charge in [-0.1, -0.05) is 6.92 Å². The van der Waals surface area contributed by atoms with Gasteiger partial charge in [0.25, 0.3) is 0 Å². The van der Waals surface area contributed by atoms with Gasteiger partial charge in [0.2, 0.25) is 10.0 Å². The van der Waals surface area contributed by atoms with Crippen LogP contribution in [0.2, 0.25) is 0 Å². The lowest BCUT2D eigenvalue weighted by molar-refractivity contribution is 0.575. The van der Waals surface area contributed by atoms with Gasteiger partial charge in [-0.15, -0.1) is 11.3 Å². The molecule has 1 unspecified atom stereocenters. The second kappa shape index (κ2) is 6.22. The van der Waals surface area contributed by atoms with Crippen LogP contribution >= 0.6 is 11.3 Å². The van der Waals surface area contributed by atoms with Crippen LogP contribution in [0.1, 0.15) is 23.4 Å². The molecule has 0 saturated heterocycles. The number of nitriles is 1. The third-order valence-electron chi connectivity index (χ3n) is 2.88. The summed E-state index contributed by atoms with van der Waals surface area (Å²) in [6, 6.07) is 6.02. The number of nitrogens with one attached hydrogen (secondary N) is 1. The van der Waals surface area contributed by atoms with Crippen LogP contribution in [0, 0.1) is 11.3 Å². The van der Waals surface area contributed by atoms with Crippen LogP contribution < -0.4 is 10.5 Å². The number of nitrogens with two attached hydrogens (primary N) is 1. The van der Waals surface area contributed by atoms with Crippen molar-refractivity contribution in [2.75, 3.05) is 12.3 Å². The smallest absolute Gasteiger partial charge is 0.242 e. The highest BCUT2D eigenvalue weighted by Crippen LogP contribution is 2.21. The van der Waals surface area contributed by atoms with E-state index in [4.69, 9.17) is 11.0 Å². The van der Waals surface area contributed by atoms with Gasteiger partial charge in [-0.05, 0) is 18.2 Å². The third kappa shape index (κ3) is 3.58. The van der Waals surface area contributed by atoms with E-state index < -0.39 is 10.0 Å². The molecule has 1 aromatic carbocycles. The summed E-state index contributed by atoms with van der Waals surface area (Å²) >= 11 is 1.48. The minimum atomic E-state index is -3.71. The molecule has 110 valence electrons.